The van der Waals surface area contributed by atoms with Gasteiger partial charge in [0.15, 0.2) is 11.8 Å². The minimum Gasteiger partial charge on any atom is -0.371 e. The maximum absolute atomic E-state index is 5.52. The molecule has 1 aromatic heterocycles. The highest BCUT2D eigenvalue weighted by Crippen LogP contribution is 2.32. The summed E-state index contributed by atoms with van der Waals surface area (Å²) in [6.45, 7) is 12.0. The van der Waals surface area contributed by atoms with Gasteiger partial charge in [-0.3, -0.25) is 0 Å². The van der Waals surface area contributed by atoms with E-state index in [1.807, 2.05) is 13.8 Å². The van der Waals surface area contributed by atoms with Crippen LogP contribution in [-0.4, -0.2) is 47.2 Å². The van der Waals surface area contributed by atoms with Gasteiger partial charge in [-0.05, 0) is 44.6 Å². The van der Waals surface area contributed by atoms with E-state index in [2.05, 4.69) is 64.5 Å². The number of ether oxygens (including phenoxy) is 1. The van der Waals surface area contributed by atoms with Gasteiger partial charge in [0.05, 0.1) is 0 Å². The van der Waals surface area contributed by atoms with Crippen molar-refractivity contribution in [3.63, 3.8) is 0 Å². The topological polar surface area (TPSA) is 75.8 Å². The van der Waals surface area contributed by atoms with Crippen molar-refractivity contribution in [2.24, 2.45) is 10.9 Å². The summed E-state index contributed by atoms with van der Waals surface area (Å²) < 4.78 is 10.9. The lowest BCUT2D eigenvalue weighted by atomic mass is 9.82. The highest BCUT2D eigenvalue weighted by atomic mass is 16.5. The molecule has 2 heterocycles. The lowest BCUT2D eigenvalue weighted by Crippen LogP contribution is -2.48. The molecule has 0 bridgehead atoms. The molecule has 1 saturated heterocycles. The summed E-state index contributed by atoms with van der Waals surface area (Å²) >= 11 is 0. The highest BCUT2D eigenvalue weighted by molar-refractivity contribution is 5.80. The number of likely N-dealkylation sites (tertiary alicyclic amines) is 1. The number of nitrogens with one attached hydrogen (secondary N) is 1. The van der Waals surface area contributed by atoms with Crippen LogP contribution >= 0.6 is 0 Å². The SMILES string of the molecule is CCNC(=NCc1nc(C(C)OCC)no1)N1CCC(c2ccccc2)C(C)C1. The Labute approximate surface area is 173 Å². The summed E-state index contributed by atoms with van der Waals surface area (Å²) in [6, 6.07) is 10.8. The van der Waals surface area contributed by atoms with Crippen LogP contribution in [0, 0.1) is 5.92 Å². The van der Waals surface area contributed by atoms with Gasteiger partial charge in [-0.25, -0.2) is 4.99 Å². The van der Waals surface area contributed by atoms with Crippen LogP contribution in [0.15, 0.2) is 39.8 Å². The van der Waals surface area contributed by atoms with Gasteiger partial charge in [0.1, 0.15) is 12.6 Å². The van der Waals surface area contributed by atoms with E-state index < -0.39 is 0 Å². The van der Waals surface area contributed by atoms with Gasteiger partial charge in [0, 0.05) is 26.2 Å². The molecule has 0 saturated carbocycles. The van der Waals surface area contributed by atoms with E-state index in [4.69, 9.17) is 14.3 Å². The Morgan fingerprint density at radius 1 is 1.34 bits per heavy atom. The zero-order valence-electron chi connectivity index (χ0n) is 18.0. The lowest BCUT2D eigenvalue weighted by Gasteiger charge is -2.38. The Hall–Kier alpha value is -2.41. The first kappa shape index (κ1) is 21.3. The van der Waals surface area contributed by atoms with Crippen molar-refractivity contribution in [3.8, 4) is 0 Å². The monoisotopic (exact) mass is 399 g/mol. The Kier molecular flexibility index (Phi) is 7.63. The molecular formula is C22H33N5O2. The normalized spacial score (nSPS) is 21.2. The maximum atomic E-state index is 5.52. The lowest BCUT2D eigenvalue weighted by molar-refractivity contribution is 0.0683. The third-order valence-electron chi connectivity index (χ3n) is 5.40. The zero-order valence-corrected chi connectivity index (χ0v) is 18.0. The van der Waals surface area contributed by atoms with Crippen molar-refractivity contribution in [3.05, 3.63) is 47.6 Å². The van der Waals surface area contributed by atoms with Crippen molar-refractivity contribution in [2.75, 3.05) is 26.2 Å². The first-order valence-corrected chi connectivity index (χ1v) is 10.6. The Balaban J connectivity index is 1.64. The zero-order chi connectivity index (χ0) is 20.6. The van der Waals surface area contributed by atoms with E-state index in [0.29, 0.717) is 36.7 Å². The molecule has 3 rings (SSSR count). The molecule has 1 aliphatic rings. The van der Waals surface area contributed by atoms with Crippen molar-refractivity contribution < 1.29 is 9.26 Å². The highest BCUT2D eigenvalue weighted by Gasteiger charge is 2.28. The molecule has 0 radical (unpaired) electrons. The average Bonchev–Trinajstić information content (AvgIpc) is 3.21. The first-order valence-electron chi connectivity index (χ1n) is 10.6. The molecule has 7 heteroatoms. The van der Waals surface area contributed by atoms with Gasteiger partial charge in [0.2, 0.25) is 5.89 Å². The summed E-state index contributed by atoms with van der Waals surface area (Å²) in [5.74, 6) is 3.13. The van der Waals surface area contributed by atoms with Crippen LogP contribution in [-0.2, 0) is 11.3 Å². The molecule has 7 nitrogen and oxygen atoms in total. The third-order valence-corrected chi connectivity index (χ3v) is 5.40. The molecule has 1 aliphatic heterocycles. The van der Waals surface area contributed by atoms with Crippen LogP contribution in [0.3, 0.4) is 0 Å². The van der Waals surface area contributed by atoms with Crippen LogP contribution < -0.4 is 5.32 Å². The number of piperidine rings is 1. The fourth-order valence-corrected chi connectivity index (χ4v) is 3.92. The molecule has 0 aliphatic carbocycles. The van der Waals surface area contributed by atoms with Gasteiger partial charge in [-0.2, -0.15) is 4.98 Å². The van der Waals surface area contributed by atoms with Gasteiger partial charge in [-0.1, -0.05) is 42.4 Å². The van der Waals surface area contributed by atoms with Crippen molar-refractivity contribution in [2.45, 2.75) is 52.7 Å². The Morgan fingerprint density at radius 2 is 2.14 bits per heavy atom. The number of aliphatic imine (C=N–C) groups is 1. The number of nitrogens with zero attached hydrogens (tertiary/aromatic N) is 4. The van der Waals surface area contributed by atoms with Crippen molar-refractivity contribution in [1.82, 2.24) is 20.4 Å². The largest absolute Gasteiger partial charge is 0.371 e. The second-order valence-electron chi connectivity index (χ2n) is 7.54. The summed E-state index contributed by atoms with van der Waals surface area (Å²) in [4.78, 5) is 11.5. The average molecular weight is 400 g/mol. The molecule has 29 heavy (non-hydrogen) atoms. The van der Waals surface area contributed by atoms with E-state index in [1.165, 1.54) is 5.56 Å². The minimum atomic E-state index is -0.174. The summed E-state index contributed by atoms with van der Waals surface area (Å²) in [6.07, 6.45) is 0.944. The molecule has 3 unspecified atom stereocenters. The van der Waals surface area contributed by atoms with E-state index >= 15 is 0 Å². The van der Waals surface area contributed by atoms with E-state index in [9.17, 15) is 0 Å². The number of aromatic nitrogens is 2. The van der Waals surface area contributed by atoms with E-state index in [0.717, 1.165) is 32.0 Å². The predicted molar refractivity (Wildman–Crippen MR) is 114 cm³/mol. The number of hydrogen-bond donors (Lipinski definition) is 1. The molecule has 1 N–H and O–H groups in total. The molecule has 0 amide bonds. The Bertz CT molecular complexity index is 777. The smallest absolute Gasteiger partial charge is 0.248 e. The second-order valence-corrected chi connectivity index (χ2v) is 7.54. The maximum Gasteiger partial charge on any atom is 0.248 e. The molecule has 0 spiro atoms. The molecule has 3 atom stereocenters. The molecule has 158 valence electrons. The van der Waals surface area contributed by atoms with Crippen LogP contribution in [0.1, 0.15) is 63.4 Å². The number of guanidine groups is 1. The number of benzene rings is 1. The van der Waals surface area contributed by atoms with Crippen molar-refractivity contribution >= 4 is 5.96 Å². The van der Waals surface area contributed by atoms with Gasteiger partial charge >= 0.3 is 0 Å². The molecule has 2 aromatic rings. The number of hydrogen-bond acceptors (Lipinski definition) is 5. The standard InChI is InChI=1S/C22H33N5O2/c1-5-23-22(24-14-20-25-21(26-29-20)17(4)28-6-2)27-13-12-19(16(3)15-27)18-10-8-7-9-11-18/h7-11,16-17,19H,5-6,12-15H2,1-4H3,(H,23,24). The van der Waals surface area contributed by atoms with E-state index in [1.54, 1.807) is 0 Å². The van der Waals surface area contributed by atoms with Crippen LogP contribution in [0.2, 0.25) is 0 Å². The molecular weight excluding hydrogens is 366 g/mol. The van der Waals surface area contributed by atoms with Gasteiger partial charge < -0.3 is 19.5 Å². The fourth-order valence-electron chi connectivity index (χ4n) is 3.92. The van der Waals surface area contributed by atoms with E-state index in [-0.39, 0.29) is 6.10 Å². The first-order chi connectivity index (χ1) is 14.1. The third kappa shape index (κ3) is 5.56. The van der Waals surface area contributed by atoms with Crippen LogP contribution in [0.4, 0.5) is 0 Å². The van der Waals surface area contributed by atoms with Gasteiger partial charge in [0.25, 0.3) is 0 Å². The van der Waals surface area contributed by atoms with Crippen LogP contribution in [0.5, 0.6) is 0 Å². The van der Waals surface area contributed by atoms with Crippen molar-refractivity contribution in [1.29, 1.82) is 0 Å². The summed E-state index contributed by atoms with van der Waals surface area (Å²) in [7, 11) is 0. The summed E-state index contributed by atoms with van der Waals surface area (Å²) in [5.41, 5.74) is 1.43. The summed E-state index contributed by atoms with van der Waals surface area (Å²) in [5, 5.41) is 7.42. The molecule has 1 aromatic carbocycles. The Morgan fingerprint density at radius 3 is 2.83 bits per heavy atom. The number of rotatable bonds is 7. The second kappa shape index (κ2) is 10.4. The predicted octanol–water partition coefficient (Wildman–Crippen LogP) is 3.76. The molecule has 1 fully saturated rings. The van der Waals surface area contributed by atoms with Gasteiger partial charge in [-0.15, -0.1) is 0 Å². The quantitative estimate of drug-likeness (QED) is 0.564. The fraction of sp³-hybridized carbons (Fsp3) is 0.591. The van der Waals surface area contributed by atoms with Crippen LogP contribution in [0.25, 0.3) is 0 Å². The minimum absolute atomic E-state index is 0.174.